The number of hydrogen-bond donors (Lipinski definition) is 1. The molecule has 1 fully saturated rings. The fourth-order valence-electron chi connectivity index (χ4n) is 2.81. The van der Waals surface area contributed by atoms with Crippen molar-refractivity contribution < 1.29 is 4.52 Å². The van der Waals surface area contributed by atoms with Crippen molar-refractivity contribution in [3.8, 4) is 11.5 Å². The van der Waals surface area contributed by atoms with Crippen LogP contribution in [-0.2, 0) is 0 Å². The molecule has 1 aliphatic rings. The van der Waals surface area contributed by atoms with Crippen LogP contribution >= 0.6 is 0 Å². The first-order valence-corrected chi connectivity index (χ1v) is 7.38. The van der Waals surface area contributed by atoms with E-state index in [2.05, 4.69) is 15.1 Å². The Hall–Kier alpha value is -1.91. The lowest BCUT2D eigenvalue weighted by molar-refractivity contribution is 0.393. The van der Waals surface area contributed by atoms with Crippen LogP contribution in [0.3, 0.4) is 0 Å². The topological polar surface area (TPSA) is 77.8 Å². The monoisotopic (exact) mass is 272 g/mol. The molecule has 2 heterocycles. The van der Waals surface area contributed by atoms with Gasteiger partial charge in [-0.1, -0.05) is 37.3 Å². The molecule has 106 valence electrons. The molecule has 1 saturated carbocycles. The van der Waals surface area contributed by atoms with Crippen LogP contribution in [0.1, 0.15) is 56.7 Å². The number of nitrogens with two attached hydrogens (primary N) is 1. The smallest absolute Gasteiger partial charge is 0.258 e. The molecule has 0 spiro atoms. The zero-order valence-corrected chi connectivity index (χ0v) is 11.6. The summed E-state index contributed by atoms with van der Waals surface area (Å²) in [4.78, 5) is 8.53. The van der Waals surface area contributed by atoms with Crippen LogP contribution in [0.5, 0.6) is 0 Å². The predicted octanol–water partition coefficient (Wildman–Crippen LogP) is 3.54. The van der Waals surface area contributed by atoms with Gasteiger partial charge >= 0.3 is 0 Å². The number of nitrogen functional groups attached to an aromatic ring is 1. The summed E-state index contributed by atoms with van der Waals surface area (Å²) in [6, 6.07) is 3.60. The molecule has 0 saturated heterocycles. The molecule has 2 aromatic heterocycles. The summed E-state index contributed by atoms with van der Waals surface area (Å²) in [5, 5.41) is 4.17. The Balaban J connectivity index is 1.78. The average Bonchev–Trinajstić information content (AvgIpc) is 2.88. The van der Waals surface area contributed by atoms with Gasteiger partial charge in [-0.2, -0.15) is 4.98 Å². The van der Waals surface area contributed by atoms with Crippen LogP contribution in [0.15, 0.2) is 22.9 Å². The summed E-state index contributed by atoms with van der Waals surface area (Å²) < 4.78 is 5.39. The van der Waals surface area contributed by atoms with Crippen LogP contribution in [0, 0.1) is 0 Å². The highest BCUT2D eigenvalue weighted by Crippen LogP contribution is 2.30. The molecule has 0 bridgehead atoms. The molecule has 0 radical (unpaired) electrons. The summed E-state index contributed by atoms with van der Waals surface area (Å²) in [6.45, 7) is 0. The lowest BCUT2D eigenvalue weighted by Gasteiger charge is -2.15. The van der Waals surface area contributed by atoms with E-state index in [0.29, 0.717) is 17.6 Å². The third-order valence-corrected chi connectivity index (χ3v) is 3.94. The maximum Gasteiger partial charge on any atom is 0.258 e. The minimum Gasteiger partial charge on any atom is -0.384 e. The highest BCUT2D eigenvalue weighted by atomic mass is 16.5. The van der Waals surface area contributed by atoms with E-state index in [1.165, 1.54) is 32.1 Å². The SMILES string of the molecule is Nc1cc(-c2nc(C3CCCCCCC3)no2)ccn1. The Morgan fingerprint density at radius 1 is 1.10 bits per heavy atom. The number of aromatic nitrogens is 3. The number of anilines is 1. The first kappa shape index (κ1) is 13.1. The van der Waals surface area contributed by atoms with Crippen molar-refractivity contribution in [1.82, 2.24) is 15.1 Å². The fraction of sp³-hybridized carbons (Fsp3) is 0.533. The second kappa shape index (κ2) is 6.03. The minimum absolute atomic E-state index is 0.437. The van der Waals surface area contributed by atoms with Gasteiger partial charge in [0.25, 0.3) is 5.89 Å². The third kappa shape index (κ3) is 2.98. The van der Waals surface area contributed by atoms with Gasteiger partial charge in [0.15, 0.2) is 5.82 Å². The second-order valence-electron chi connectivity index (χ2n) is 5.47. The molecule has 0 aliphatic heterocycles. The molecule has 0 unspecified atom stereocenters. The van der Waals surface area contributed by atoms with Crippen LogP contribution in [0.2, 0.25) is 0 Å². The van der Waals surface area contributed by atoms with Crippen molar-refractivity contribution in [2.24, 2.45) is 0 Å². The van der Waals surface area contributed by atoms with Gasteiger partial charge in [0, 0.05) is 17.7 Å². The number of rotatable bonds is 2. The first-order chi connectivity index (χ1) is 9.83. The summed E-state index contributed by atoms with van der Waals surface area (Å²) in [5.74, 6) is 2.29. The summed E-state index contributed by atoms with van der Waals surface area (Å²) in [5.41, 5.74) is 6.52. The standard InChI is InChI=1S/C15H20N4O/c16-13-10-12(8-9-17-13)15-18-14(19-20-15)11-6-4-2-1-3-5-7-11/h8-11H,1-7H2,(H2,16,17). The highest BCUT2D eigenvalue weighted by Gasteiger charge is 2.20. The van der Waals surface area contributed by atoms with E-state index < -0.39 is 0 Å². The van der Waals surface area contributed by atoms with Crippen molar-refractivity contribution in [3.05, 3.63) is 24.2 Å². The maximum absolute atomic E-state index is 5.68. The Morgan fingerprint density at radius 2 is 1.85 bits per heavy atom. The summed E-state index contributed by atoms with van der Waals surface area (Å²) in [6.07, 6.45) is 10.5. The number of pyridine rings is 1. The molecular weight excluding hydrogens is 252 g/mol. The van der Waals surface area contributed by atoms with Gasteiger partial charge in [-0.25, -0.2) is 4.98 Å². The van der Waals surface area contributed by atoms with Gasteiger partial charge in [-0.3, -0.25) is 0 Å². The Kier molecular flexibility index (Phi) is 3.95. The van der Waals surface area contributed by atoms with Crippen molar-refractivity contribution >= 4 is 5.82 Å². The molecule has 2 aromatic rings. The van der Waals surface area contributed by atoms with Crippen LogP contribution in [-0.4, -0.2) is 15.1 Å². The molecule has 2 N–H and O–H groups in total. The Bertz CT molecular complexity index is 559. The van der Waals surface area contributed by atoms with Gasteiger partial charge in [0.1, 0.15) is 5.82 Å². The lowest BCUT2D eigenvalue weighted by Crippen LogP contribution is -2.04. The molecule has 5 heteroatoms. The summed E-state index contributed by atoms with van der Waals surface area (Å²) >= 11 is 0. The van der Waals surface area contributed by atoms with Crippen molar-refractivity contribution in [3.63, 3.8) is 0 Å². The quantitative estimate of drug-likeness (QED) is 0.904. The second-order valence-corrected chi connectivity index (χ2v) is 5.47. The molecule has 3 rings (SSSR count). The zero-order chi connectivity index (χ0) is 13.8. The van der Waals surface area contributed by atoms with Gasteiger partial charge in [-0.15, -0.1) is 0 Å². The van der Waals surface area contributed by atoms with E-state index in [4.69, 9.17) is 10.3 Å². The van der Waals surface area contributed by atoms with Gasteiger partial charge in [-0.05, 0) is 25.0 Å². The fourth-order valence-corrected chi connectivity index (χ4v) is 2.81. The zero-order valence-electron chi connectivity index (χ0n) is 11.6. The molecule has 0 amide bonds. The van der Waals surface area contributed by atoms with E-state index >= 15 is 0 Å². The van der Waals surface area contributed by atoms with Crippen LogP contribution in [0.4, 0.5) is 5.82 Å². The first-order valence-electron chi connectivity index (χ1n) is 7.38. The van der Waals surface area contributed by atoms with E-state index in [1.807, 2.05) is 6.07 Å². The normalized spacial score (nSPS) is 17.6. The van der Waals surface area contributed by atoms with Crippen LogP contribution in [0.25, 0.3) is 11.5 Å². The van der Waals surface area contributed by atoms with E-state index in [1.54, 1.807) is 12.3 Å². The van der Waals surface area contributed by atoms with Crippen molar-refractivity contribution in [2.45, 2.75) is 50.9 Å². The number of hydrogen-bond acceptors (Lipinski definition) is 5. The predicted molar refractivity (Wildman–Crippen MR) is 77.0 cm³/mol. The van der Waals surface area contributed by atoms with Crippen molar-refractivity contribution in [2.75, 3.05) is 5.73 Å². The van der Waals surface area contributed by atoms with Crippen LogP contribution < -0.4 is 5.73 Å². The molecule has 5 nitrogen and oxygen atoms in total. The molecule has 0 atom stereocenters. The van der Waals surface area contributed by atoms with E-state index in [-0.39, 0.29) is 0 Å². The molecule has 1 aliphatic carbocycles. The average molecular weight is 272 g/mol. The van der Waals surface area contributed by atoms with Gasteiger partial charge in [0.2, 0.25) is 0 Å². The highest BCUT2D eigenvalue weighted by molar-refractivity contribution is 5.56. The lowest BCUT2D eigenvalue weighted by atomic mass is 9.91. The van der Waals surface area contributed by atoms with E-state index in [9.17, 15) is 0 Å². The minimum atomic E-state index is 0.437. The largest absolute Gasteiger partial charge is 0.384 e. The molecular formula is C15H20N4O. The molecule has 20 heavy (non-hydrogen) atoms. The molecule has 0 aromatic carbocycles. The summed E-state index contributed by atoms with van der Waals surface area (Å²) in [7, 11) is 0. The van der Waals surface area contributed by atoms with Crippen molar-refractivity contribution in [1.29, 1.82) is 0 Å². The number of nitrogens with zero attached hydrogens (tertiary/aromatic N) is 3. The van der Waals surface area contributed by atoms with Gasteiger partial charge < -0.3 is 10.3 Å². The van der Waals surface area contributed by atoms with Gasteiger partial charge in [0.05, 0.1) is 0 Å². The third-order valence-electron chi connectivity index (χ3n) is 3.94. The Morgan fingerprint density at radius 3 is 2.60 bits per heavy atom. The van der Waals surface area contributed by atoms with E-state index in [0.717, 1.165) is 24.2 Å². The Labute approximate surface area is 118 Å². The maximum atomic E-state index is 5.68.